The Morgan fingerprint density at radius 3 is 3.00 bits per heavy atom. The fourth-order valence-corrected chi connectivity index (χ4v) is 2.11. The summed E-state index contributed by atoms with van der Waals surface area (Å²) in [7, 11) is 1.34. The molecule has 0 aromatic carbocycles. The quantitative estimate of drug-likeness (QED) is 0.763. The third-order valence-corrected chi connectivity index (χ3v) is 3.10. The summed E-state index contributed by atoms with van der Waals surface area (Å²) in [4.78, 5) is 16.5. The fourth-order valence-electron chi connectivity index (χ4n) is 1.53. The van der Waals surface area contributed by atoms with E-state index < -0.39 is 5.97 Å². The molecule has 0 aliphatic carbocycles. The van der Waals surface area contributed by atoms with E-state index in [2.05, 4.69) is 20.0 Å². The van der Waals surface area contributed by atoms with Crippen LogP contribution in [-0.2, 0) is 17.7 Å². The molecule has 2 rings (SSSR count). The highest BCUT2D eigenvalue weighted by molar-refractivity contribution is 7.09. The zero-order valence-electron chi connectivity index (χ0n) is 9.58. The monoisotopic (exact) mass is 252 g/mol. The highest BCUT2D eigenvalue weighted by atomic mass is 32.1. The lowest BCUT2D eigenvalue weighted by Gasteiger charge is -2.03. The van der Waals surface area contributed by atoms with Gasteiger partial charge < -0.3 is 4.74 Å². The van der Waals surface area contributed by atoms with Gasteiger partial charge in [-0.2, -0.15) is 0 Å². The van der Waals surface area contributed by atoms with Gasteiger partial charge in [0.05, 0.1) is 24.9 Å². The van der Waals surface area contributed by atoms with E-state index in [0.29, 0.717) is 18.7 Å². The Morgan fingerprint density at radius 2 is 2.41 bits per heavy atom. The van der Waals surface area contributed by atoms with Crippen LogP contribution < -0.4 is 0 Å². The van der Waals surface area contributed by atoms with Crippen molar-refractivity contribution in [1.82, 2.24) is 20.0 Å². The smallest absolute Gasteiger partial charge is 0.360 e. The van der Waals surface area contributed by atoms with Crippen molar-refractivity contribution < 1.29 is 9.53 Å². The molecule has 0 N–H and O–H groups in total. The molecule has 2 heterocycles. The van der Waals surface area contributed by atoms with Crippen molar-refractivity contribution in [2.75, 3.05) is 7.11 Å². The molecule has 0 saturated carbocycles. The van der Waals surface area contributed by atoms with Gasteiger partial charge in [0, 0.05) is 11.1 Å². The first-order valence-corrected chi connectivity index (χ1v) is 6.02. The molecule has 0 unspecified atom stereocenters. The Bertz CT molecular complexity index is 506. The molecular formula is C10H12N4O2S. The van der Waals surface area contributed by atoms with Gasteiger partial charge in [0.15, 0.2) is 5.69 Å². The molecule has 7 heteroatoms. The van der Waals surface area contributed by atoms with E-state index in [0.717, 1.165) is 10.6 Å². The molecule has 2 aromatic heterocycles. The lowest BCUT2D eigenvalue weighted by molar-refractivity contribution is 0.0592. The maximum absolute atomic E-state index is 11.5. The topological polar surface area (TPSA) is 69.9 Å². The maximum Gasteiger partial charge on any atom is 0.360 e. The number of methoxy groups -OCH3 is 1. The minimum Gasteiger partial charge on any atom is -0.464 e. The molecule has 0 fully saturated rings. The summed E-state index contributed by atoms with van der Waals surface area (Å²) in [6.45, 7) is 2.53. The average molecular weight is 252 g/mol. The Labute approximate surface area is 102 Å². The molecule has 17 heavy (non-hydrogen) atoms. The number of aromatic nitrogens is 4. The lowest BCUT2D eigenvalue weighted by atomic mass is 10.2. The van der Waals surface area contributed by atoms with Gasteiger partial charge in [-0.05, 0) is 6.42 Å². The highest BCUT2D eigenvalue weighted by Gasteiger charge is 2.18. The van der Waals surface area contributed by atoms with Crippen molar-refractivity contribution >= 4 is 17.3 Å². The van der Waals surface area contributed by atoms with Crippen molar-refractivity contribution in [1.29, 1.82) is 0 Å². The highest BCUT2D eigenvalue weighted by Crippen LogP contribution is 2.12. The molecule has 6 nitrogen and oxygen atoms in total. The van der Waals surface area contributed by atoms with Crippen LogP contribution >= 0.6 is 11.3 Å². The lowest BCUT2D eigenvalue weighted by Crippen LogP contribution is -2.09. The zero-order chi connectivity index (χ0) is 12.3. The van der Waals surface area contributed by atoms with Crippen LogP contribution in [0.1, 0.15) is 28.0 Å². The van der Waals surface area contributed by atoms with Crippen molar-refractivity contribution in [2.24, 2.45) is 0 Å². The standard InChI is InChI=1S/C10H12N4O2S/c1-3-8-9(10(15)16-2)12-13-14(8)5-7-4-11-6-17-7/h4,6H,3,5H2,1-2H3. The Balaban J connectivity index is 2.29. The molecule has 90 valence electrons. The van der Waals surface area contributed by atoms with Crippen LogP contribution in [0.3, 0.4) is 0 Å². The normalized spacial score (nSPS) is 10.5. The van der Waals surface area contributed by atoms with E-state index >= 15 is 0 Å². The predicted octanol–water partition coefficient (Wildman–Crippen LogP) is 1.13. The summed E-state index contributed by atoms with van der Waals surface area (Å²) in [6.07, 6.45) is 2.46. The second-order valence-corrected chi connectivity index (χ2v) is 4.33. The molecule has 2 aromatic rings. The summed E-state index contributed by atoms with van der Waals surface area (Å²) < 4.78 is 6.37. The van der Waals surface area contributed by atoms with E-state index in [1.54, 1.807) is 27.7 Å². The molecule has 0 spiro atoms. The van der Waals surface area contributed by atoms with Crippen molar-refractivity contribution in [3.63, 3.8) is 0 Å². The summed E-state index contributed by atoms with van der Waals surface area (Å²) in [5.74, 6) is -0.447. The number of rotatable bonds is 4. The van der Waals surface area contributed by atoms with Crippen LogP contribution in [0, 0.1) is 0 Å². The van der Waals surface area contributed by atoms with E-state index in [1.165, 1.54) is 7.11 Å². The number of esters is 1. The molecular weight excluding hydrogens is 240 g/mol. The van der Waals surface area contributed by atoms with Gasteiger partial charge in [-0.1, -0.05) is 12.1 Å². The van der Waals surface area contributed by atoms with Crippen LogP contribution in [0.2, 0.25) is 0 Å². The van der Waals surface area contributed by atoms with Crippen LogP contribution in [0.5, 0.6) is 0 Å². The first kappa shape index (κ1) is 11.7. The van der Waals surface area contributed by atoms with Crippen LogP contribution in [-0.4, -0.2) is 33.1 Å². The largest absolute Gasteiger partial charge is 0.464 e. The van der Waals surface area contributed by atoms with Crippen LogP contribution in [0.15, 0.2) is 11.7 Å². The minimum atomic E-state index is -0.447. The predicted molar refractivity (Wildman–Crippen MR) is 62.0 cm³/mol. The summed E-state index contributed by atoms with van der Waals surface area (Å²) in [5, 5.41) is 7.84. The maximum atomic E-state index is 11.5. The van der Waals surface area contributed by atoms with Gasteiger partial charge in [0.1, 0.15) is 0 Å². The van der Waals surface area contributed by atoms with Crippen LogP contribution in [0.4, 0.5) is 0 Å². The van der Waals surface area contributed by atoms with E-state index in [4.69, 9.17) is 0 Å². The van der Waals surface area contributed by atoms with Crippen molar-refractivity contribution in [3.05, 3.63) is 28.0 Å². The molecule has 0 atom stereocenters. The number of hydrogen-bond donors (Lipinski definition) is 0. The molecule has 0 radical (unpaired) electrons. The van der Waals surface area contributed by atoms with Gasteiger partial charge in [-0.25, -0.2) is 9.48 Å². The first-order chi connectivity index (χ1) is 8.26. The SMILES string of the molecule is CCc1c(C(=O)OC)nnn1Cc1cncs1. The van der Waals surface area contributed by atoms with Gasteiger partial charge in [-0.3, -0.25) is 4.98 Å². The Hall–Kier alpha value is -1.76. The average Bonchev–Trinajstić information content (AvgIpc) is 2.97. The third kappa shape index (κ3) is 2.33. The van der Waals surface area contributed by atoms with E-state index in [-0.39, 0.29) is 0 Å². The zero-order valence-corrected chi connectivity index (χ0v) is 10.4. The second-order valence-electron chi connectivity index (χ2n) is 3.36. The molecule has 0 bridgehead atoms. The minimum absolute atomic E-state index is 0.291. The number of ether oxygens (including phenoxy) is 1. The fraction of sp³-hybridized carbons (Fsp3) is 0.400. The first-order valence-electron chi connectivity index (χ1n) is 5.14. The summed E-state index contributed by atoms with van der Waals surface area (Å²) in [6, 6.07) is 0. The number of carbonyl (C=O) groups excluding carboxylic acids is 1. The number of hydrogen-bond acceptors (Lipinski definition) is 6. The van der Waals surface area contributed by atoms with Gasteiger partial charge in [0.2, 0.25) is 0 Å². The number of carbonyl (C=O) groups is 1. The number of thiazole rings is 1. The molecule has 0 amide bonds. The Morgan fingerprint density at radius 1 is 1.59 bits per heavy atom. The van der Waals surface area contributed by atoms with E-state index in [1.807, 2.05) is 6.92 Å². The molecule has 0 saturated heterocycles. The van der Waals surface area contributed by atoms with Gasteiger partial charge in [0.25, 0.3) is 0 Å². The number of nitrogens with zero attached hydrogens (tertiary/aromatic N) is 4. The van der Waals surface area contributed by atoms with Crippen molar-refractivity contribution in [2.45, 2.75) is 19.9 Å². The van der Waals surface area contributed by atoms with Crippen LogP contribution in [0.25, 0.3) is 0 Å². The molecule has 0 aliphatic heterocycles. The third-order valence-electron chi connectivity index (χ3n) is 2.34. The van der Waals surface area contributed by atoms with E-state index in [9.17, 15) is 4.79 Å². The molecule has 0 aliphatic rings. The summed E-state index contributed by atoms with van der Waals surface area (Å²) in [5.41, 5.74) is 2.84. The summed E-state index contributed by atoms with van der Waals surface area (Å²) >= 11 is 1.54. The van der Waals surface area contributed by atoms with Gasteiger partial charge in [-0.15, -0.1) is 16.4 Å². The second kappa shape index (κ2) is 5.05. The van der Waals surface area contributed by atoms with Gasteiger partial charge >= 0.3 is 5.97 Å². The Kier molecular flexibility index (Phi) is 3.48. The van der Waals surface area contributed by atoms with Crippen molar-refractivity contribution in [3.8, 4) is 0 Å².